The van der Waals surface area contributed by atoms with Crippen LogP contribution in [0.15, 0.2) is 16.8 Å². The fourth-order valence-corrected chi connectivity index (χ4v) is 4.45. The lowest BCUT2D eigenvalue weighted by Gasteiger charge is -2.30. The van der Waals surface area contributed by atoms with Gasteiger partial charge in [-0.15, -0.1) is 0 Å². The number of rotatable bonds is 3. The molecule has 2 saturated carbocycles. The molecular formula is C14H17NS. The summed E-state index contributed by atoms with van der Waals surface area (Å²) in [5, 5.41) is 13.9. The number of nitriles is 1. The van der Waals surface area contributed by atoms with Crippen molar-refractivity contribution in [1.82, 2.24) is 0 Å². The molecule has 2 aliphatic carbocycles. The van der Waals surface area contributed by atoms with E-state index in [9.17, 15) is 5.26 Å². The smallest absolute Gasteiger partial charge is 0.0692 e. The minimum Gasteiger partial charge on any atom is -0.198 e. The predicted octanol–water partition coefficient (Wildman–Crippen LogP) is 4.01. The number of fused-ring (bicyclic) bond motifs is 2. The van der Waals surface area contributed by atoms with Crippen molar-refractivity contribution < 1.29 is 0 Å². The quantitative estimate of drug-likeness (QED) is 0.771. The highest BCUT2D eigenvalue weighted by atomic mass is 32.1. The second-order valence-electron chi connectivity index (χ2n) is 5.48. The molecule has 0 N–H and O–H groups in total. The number of thiophene rings is 1. The average Bonchev–Trinajstić information content (AvgIpc) is 3.02. The first kappa shape index (κ1) is 10.4. The Kier molecular flexibility index (Phi) is 2.52. The third-order valence-electron chi connectivity index (χ3n) is 4.64. The summed E-state index contributed by atoms with van der Waals surface area (Å²) < 4.78 is 0. The van der Waals surface area contributed by atoms with E-state index in [4.69, 9.17) is 0 Å². The Balaban J connectivity index is 1.70. The molecule has 3 unspecified atom stereocenters. The molecule has 84 valence electrons. The lowest BCUT2D eigenvalue weighted by molar-refractivity contribution is 0.223. The Morgan fingerprint density at radius 1 is 1.50 bits per heavy atom. The molecule has 2 aliphatic rings. The Morgan fingerprint density at radius 3 is 3.00 bits per heavy atom. The van der Waals surface area contributed by atoms with Crippen LogP contribution in [0, 0.1) is 28.6 Å². The maximum Gasteiger partial charge on any atom is 0.0692 e. The molecule has 0 radical (unpaired) electrons. The fraction of sp³-hybridized carbons (Fsp3) is 0.643. The Labute approximate surface area is 101 Å². The van der Waals surface area contributed by atoms with Crippen LogP contribution in [0.3, 0.4) is 0 Å². The van der Waals surface area contributed by atoms with E-state index >= 15 is 0 Å². The van der Waals surface area contributed by atoms with Crippen LogP contribution >= 0.6 is 11.3 Å². The Morgan fingerprint density at radius 2 is 2.44 bits per heavy atom. The molecule has 2 bridgehead atoms. The standard InChI is InChI=1S/C14H17NS/c15-10-14(5-3-11-4-6-16-9-11)8-12-1-2-13(14)7-12/h4,6,9,12-13H,1-3,5,7-8H2. The molecule has 0 saturated heterocycles. The molecule has 2 heteroatoms. The molecule has 1 aromatic rings. The van der Waals surface area contributed by atoms with Gasteiger partial charge < -0.3 is 0 Å². The molecule has 3 rings (SSSR count). The van der Waals surface area contributed by atoms with E-state index in [1.165, 1.54) is 31.2 Å². The van der Waals surface area contributed by atoms with Crippen molar-refractivity contribution in [2.45, 2.75) is 38.5 Å². The Bertz CT molecular complexity index is 403. The molecule has 0 aliphatic heterocycles. The van der Waals surface area contributed by atoms with Gasteiger partial charge in [-0.3, -0.25) is 0 Å². The van der Waals surface area contributed by atoms with Crippen molar-refractivity contribution in [2.24, 2.45) is 17.3 Å². The van der Waals surface area contributed by atoms with Gasteiger partial charge in [0.2, 0.25) is 0 Å². The van der Waals surface area contributed by atoms with Crippen LogP contribution in [0.4, 0.5) is 0 Å². The van der Waals surface area contributed by atoms with Gasteiger partial charge in [0.1, 0.15) is 0 Å². The number of aryl methyl sites for hydroxylation is 1. The summed E-state index contributed by atoms with van der Waals surface area (Å²) in [6, 6.07) is 4.87. The highest BCUT2D eigenvalue weighted by molar-refractivity contribution is 7.07. The van der Waals surface area contributed by atoms with E-state index < -0.39 is 0 Å². The van der Waals surface area contributed by atoms with E-state index in [1.54, 1.807) is 11.3 Å². The SMILES string of the molecule is N#CC1(CCc2ccsc2)CC2CCC1C2. The molecule has 1 heterocycles. The van der Waals surface area contributed by atoms with Gasteiger partial charge >= 0.3 is 0 Å². The fourth-order valence-electron chi connectivity index (χ4n) is 3.75. The summed E-state index contributed by atoms with van der Waals surface area (Å²) in [6.45, 7) is 0. The van der Waals surface area contributed by atoms with Gasteiger partial charge in [-0.25, -0.2) is 0 Å². The normalized spacial score (nSPS) is 36.4. The van der Waals surface area contributed by atoms with Crippen LogP contribution in [0.1, 0.15) is 37.7 Å². The van der Waals surface area contributed by atoms with Crippen molar-refractivity contribution in [3.05, 3.63) is 22.4 Å². The maximum absolute atomic E-state index is 9.52. The molecule has 0 spiro atoms. The summed E-state index contributed by atoms with van der Waals surface area (Å²) in [7, 11) is 0. The minimum absolute atomic E-state index is 0.0326. The number of hydrogen-bond donors (Lipinski definition) is 0. The van der Waals surface area contributed by atoms with E-state index in [2.05, 4.69) is 22.9 Å². The Hall–Kier alpha value is -0.810. The van der Waals surface area contributed by atoms with Crippen LogP contribution in [-0.4, -0.2) is 0 Å². The van der Waals surface area contributed by atoms with Crippen molar-refractivity contribution in [1.29, 1.82) is 5.26 Å². The molecule has 1 aromatic heterocycles. The average molecular weight is 231 g/mol. The first-order chi connectivity index (χ1) is 7.82. The van der Waals surface area contributed by atoms with Crippen LogP contribution in [0.25, 0.3) is 0 Å². The zero-order valence-corrected chi connectivity index (χ0v) is 10.3. The largest absolute Gasteiger partial charge is 0.198 e. The summed E-state index contributed by atoms with van der Waals surface area (Å²) >= 11 is 1.76. The summed E-state index contributed by atoms with van der Waals surface area (Å²) in [5.41, 5.74) is 1.45. The zero-order chi connectivity index (χ0) is 11.0. The monoisotopic (exact) mass is 231 g/mol. The summed E-state index contributed by atoms with van der Waals surface area (Å²) in [4.78, 5) is 0. The van der Waals surface area contributed by atoms with Crippen molar-refractivity contribution in [3.63, 3.8) is 0 Å². The highest BCUT2D eigenvalue weighted by Crippen LogP contribution is 2.57. The molecule has 0 aromatic carbocycles. The first-order valence-electron chi connectivity index (χ1n) is 6.25. The minimum atomic E-state index is 0.0326. The maximum atomic E-state index is 9.52. The van der Waals surface area contributed by atoms with E-state index in [0.717, 1.165) is 18.8 Å². The molecule has 16 heavy (non-hydrogen) atoms. The van der Waals surface area contributed by atoms with Crippen molar-refractivity contribution in [3.8, 4) is 6.07 Å². The zero-order valence-electron chi connectivity index (χ0n) is 9.48. The van der Waals surface area contributed by atoms with Crippen LogP contribution < -0.4 is 0 Å². The van der Waals surface area contributed by atoms with Crippen molar-refractivity contribution in [2.75, 3.05) is 0 Å². The predicted molar refractivity (Wildman–Crippen MR) is 66.1 cm³/mol. The van der Waals surface area contributed by atoms with Gasteiger partial charge in [0.15, 0.2) is 0 Å². The van der Waals surface area contributed by atoms with Gasteiger partial charge in [0, 0.05) is 0 Å². The summed E-state index contributed by atoms with van der Waals surface area (Å²) in [6.07, 6.45) is 7.38. The number of nitrogens with zero attached hydrogens (tertiary/aromatic N) is 1. The third-order valence-corrected chi connectivity index (χ3v) is 5.37. The molecule has 2 fully saturated rings. The molecule has 0 amide bonds. The van der Waals surface area contributed by atoms with E-state index in [1.807, 2.05) is 0 Å². The van der Waals surface area contributed by atoms with Gasteiger partial charge in [-0.2, -0.15) is 16.6 Å². The number of hydrogen-bond acceptors (Lipinski definition) is 2. The lowest BCUT2D eigenvalue weighted by Crippen LogP contribution is -2.26. The molecular weight excluding hydrogens is 214 g/mol. The van der Waals surface area contributed by atoms with Gasteiger partial charge in [0.25, 0.3) is 0 Å². The van der Waals surface area contributed by atoms with E-state index in [0.29, 0.717) is 5.92 Å². The second-order valence-corrected chi connectivity index (χ2v) is 6.26. The van der Waals surface area contributed by atoms with Crippen LogP contribution in [-0.2, 0) is 6.42 Å². The van der Waals surface area contributed by atoms with Crippen molar-refractivity contribution >= 4 is 11.3 Å². The van der Waals surface area contributed by atoms with Gasteiger partial charge in [0.05, 0.1) is 11.5 Å². The third kappa shape index (κ3) is 1.58. The molecule has 3 atom stereocenters. The summed E-state index contributed by atoms with van der Waals surface area (Å²) in [5.74, 6) is 1.58. The lowest BCUT2D eigenvalue weighted by atomic mass is 9.71. The second kappa shape index (κ2) is 3.89. The topological polar surface area (TPSA) is 23.8 Å². The van der Waals surface area contributed by atoms with Crippen LogP contribution in [0.2, 0.25) is 0 Å². The van der Waals surface area contributed by atoms with E-state index in [-0.39, 0.29) is 5.41 Å². The first-order valence-corrected chi connectivity index (χ1v) is 7.19. The highest BCUT2D eigenvalue weighted by Gasteiger charge is 2.50. The van der Waals surface area contributed by atoms with Crippen LogP contribution in [0.5, 0.6) is 0 Å². The van der Waals surface area contributed by atoms with Gasteiger partial charge in [-0.05, 0) is 66.3 Å². The molecule has 1 nitrogen and oxygen atoms in total. The van der Waals surface area contributed by atoms with Gasteiger partial charge in [-0.1, -0.05) is 6.42 Å².